The van der Waals surface area contributed by atoms with E-state index in [0.717, 1.165) is 6.26 Å². The van der Waals surface area contributed by atoms with E-state index < -0.39 is 16.1 Å². The SMILES string of the molecule is CS(=O)(=O)NC(CC(=O)Nc1ccc(Cl)c(Cl)c1)c1ccc(Cl)cc1. The Labute approximate surface area is 161 Å². The van der Waals surface area contributed by atoms with Crippen molar-refractivity contribution >= 4 is 56.4 Å². The highest BCUT2D eigenvalue weighted by Crippen LogP contribution is 2.26. The maximum atomic E-state index is 12.3. The van der Waals surface area contributed by atoms with E-state index in [1.165, 1.54) is 6.07 Å². The van der Waals surface area contributed by atoms with Crippen LogP contribution in [0.3, 0.4) is 0 Å². The van der Waals surface area contributed by atoms with E-state index >= 15 is 0 Å². The van der Waals surface area contributed by atoms with E-state index in [2.05, 4.69) is 10.0 Å². The minimum Gasteiger partial charge on any atom is -0.326 e. The van der Waals surface area contributed by atoms with Gasteiger partial charge in [0.15, 0.2) is 0 Å². The van der Waals surface area contributed by atoms with Crippen LogP contribution < -0.4 is 10.0 Å². The van der Waals surface area contributed by atoms with E-state index in [0.29, 0.717) is 26.3 Å². The molecule has 0 aliphatic rings. The zero-order valence-electron chi connectivity index (χ0n) is 13.1. The largest absolute Gasteiger partial charge is 0.326 e. The molecule has 0 aliphatic heterocycles. The van der Waals surface area contributed by atoms with Gasteiger partial charge < -0.3 is 5.32 Å². The number of anilines is 1. The first-order valence-corrected chi connectivity index (χ1v) is 10.1. The summed E-state index contributed by atoms with van der Waals surface area (Å²) in [5.74, 6) is -0.380. The summed E-state index contributed by atoms with van der Waals surface area (Å²) in [7, 11) is -3.51. The highest BCUT2D eigenvalue weighted by atomic mass is 35.5. The lowest BCUT2D eigenvalue weighted by Crippen LogP contribution is -2.30. The summed E-state index contributed by atoms with van der Waals surface area (Å²) in [4.78, 5) is 12.3. The fraction of sp³-hybridized carbons (Fsp3) is 0.188. The second kappa shape index (κ2) is 8.38. The molecule has 0 fully saturated rings. The normalized spacial score (nSPS) is 12.6. The Bertz CT molecular complexity index is 871. The Hall–Kier alpha value is -1.31. The number of amides is 1. The fourth-order valence-corrected chi connectivity index (χ4v) is 3.31. The molecule has 0 bridgehead atoms. The zero-order chi connectivity index (χ0) is 18.6. The van der Waals surface area contributed by atoms with Crippen molar-refractivity contribution in [2.24, 2.45) is 0 Å². The van der Waals surface area contributed by atoms with Gasteiger partial charge in [0.05, 0.1) is 22.3 Å². The van der Waals surface area contributed by atoms with Gasteiger partial charge in [0, 0.05) is 17.1 Å². The lowest BCUT2D eigenvalue weighted by Gasteiger charge is -2.18. The first-order chi connectivity index (χ1) is 11.6. The van der Waals surface area contributed by atoms with Crippen molar-refractivity contribution in [2.75, 3.05) is 11.6 Å². The van der Waals surface area contributed by atoms with E-state index in [4.69, 9.17) is 34.8 Å². The second-order valence-electron chi connectivity index (χ2n) is 5.38. The molecule has 0 radical (unpaired) electrons. The summed E-state index contributed by atoms with van der Waals surface area (Å²) in [6, 6.07) is 10.5. The zero-order valence-corrected chi connectivity index (χ0v) is 16.2. The monoisotopic (exact) mass is 420 g/mol. The number of rotatable bonds is 6. The van der Waals surface area contributed by atoms with Gasteiger partial charge in [0.2, 0.25) is 15.9 Å². The standard InChI is InChI=1S/C16H15Cl3N2O3S/c1-25(23,24)21-15(10-2-4-11(17)5-3-10)9-16(22)20-12-6-7-13(18)14(19)8-12/h2-8,15,21H,9H2,1H3,(H,20,22). The third-order valence-electron chi connectivity index (χ3n) is 3.22. The molecule has 2 aromatic carbocycles. The van der Waals surface area contributed by atoms with Crippen molar-refractivity contribution in [1.82, 2.24) is 4.72 Å². The van der Waals surface area contributed by atoms with Crippen LogP contribution in [0.4, 0.5) is 5.69 Å². The van der Waals surface area contributed by atoms with E-state index in [-0.39, 0.29) is 12.3 Å². The average Bonchev–Trinajstić information content (AvgIpc) is 2.49. The quantitative estimate of drug-likeness (QED) is 0.731. The van der Waals surface area contributed by atoms with Crippen molar-refractivity contribution in [3.63, 3.8) is 0 Å². The molecule has 2 N–H and O–H groups in total. The summed E-state index contributed by atoms with van der Waals surface area (Å²) < 4.78 is 25.7. The molecule has 25 heavy (non-hydrogen) atoms. The minimum absolute atomic E-state index is 0.102. The van der Waals surface area contributed by atoms with Crippen LogP contribution in [0.5, 0.6) is 0 Å². The second-order valence-corrected chi connectivity index (χ2v) is 8.41. The molecule has 2 rings (SSSR count). The van der Waals surface area contributed by atoms with Crippen molar-refractivity contribution in [2.45, 2.75) is 12.5 Å². The topological polar surface area (TPSA) is 75.3 Å². The molecule has 9 heteroatoms. The van der Waals surface area contributed by atoms with Crippen molar-refractivity contribution in [3.05, 3.63) is 63.1 Å². The summed E-state index contributed by atoms with van der Waals surface area (Å²) in [5, 5.41) is 3.86. The van der Waals surface area contributed by atoms with Crippen molar-refractivity contribution in [1.29, 1.82) is 0 Å². The molecular formula is C16H15Cl3N2O3S. The van der Waals surface area contributed by atoms with Gasteiger partial charge in [-0.1, -0.05) is 46.9 Å². The van der Waals surface area contributed by atoms with E-state index in [1.54, 1.807) is 36.4 Å². The number of carbonyl (C=O) groups is 1. The Kier molecular flexibility index (Phi) is 6.71. The minimum atomic E-state index is -3.51. The molecule has 1 unspecified atom stereocenters. The van der Waals surface area contributed by atoms with Crippen LogP contribution in [0.15, 0.2) is 42.5 Å². The molecule has 0 saturated carbocycles. The number of sulfonamides is 1. The molecule has 1 atom stereocenters. The Morgan fingerprint density at radius 2 is 1.68 bits per heavy atom. The van der Waals surface area contributed by atoms with Crippen molar-refractivity contribution in [3.8, 4) is 0 Å². The third kappa shape index (κ3) is 6.49. The van der Waals surface area contributed by atoms with Crippen LogP contribution in [0, 0.1) is 0 Å². The summed E-state index contributed by atoms with van der Waals surface area (Å²) in [5.41, 5.74) is 1.09. The van der Waals surface area contributed by atoms with E-state index in [9.17, 15) is 13.2 Å². The maximum absolute atomic E-state index is 12.3. The molecule has 0 saturated heterocycles. The van der Waals surface area contributed by atoms with Gasteiger partial charge in [-0.3, -0.25) is 4.79 Å². The van der Waals surface area contributed by atoms with Gasteiger partial charge in [-0.05, 0) is 35.9 Å². The Morgan fingerprint density at radius 3 is 2.24 bits per heavy atom. The first kappa shape index (κ1) is 20.0. The highest BCUT2D eigenvalue weighted by Gasteiger charge is 2.20. The van der Waals surface area contributed by atoms with Gasteiger partial charge in [-0.2, -0.15) is 0 Å². The summed E-state index contributed by atoms with van der Waals surface area (Å²) in [6.45, 7) is 0. The number of hydrogen-bond acceptors (Lipinski definition) is 3. The summed E-state index contributed by atoms with van der Waals surface area (Å²) >= 11 is 17.6. The predicted octanol–water partition coefficient (Wildman–Crippen LogP) is 4.27. The Balaban J connectivity index is 2.16. The van der Waals surface area contributed by atoms with Crippen LogP contribution in [-0.4, -0.2) is 20.6 Å². The lowest BCUT2D eigenvalue weighted by atomic mass is 10.0. The number of hydrogen-bond donors (Lipinski definition) is 2. The smallest absolute Gasteiger partial charge is 0.226 e. The van der Waals surface area contributed by atoms with Gasteiger partial charge in [-0.25, -0.2) is 13.1 Å². The Morgan fingerprint density at radius 1 is 1.04 bits per heavy atom. The molecule has 0 aromatic heterocycles. The summed E-state index contributed by atoms with van der Waals surface area (Å²) in [6.07, 6.45) is 0.932. The number of halogens is 3. The molecule has 5 nitrogen and oxygen atoms in total. The number of nitrogens with one attached hydrogen (secondary N) is 2. The maximum Gasteiger partial charge on any atom is 0.226 e. The van der Waals surface area contributed by atoms with Crippen LogP contribution >= 0.6 is 34.8 Å². The number of carbonyl (C=O) groups excluding carboxylic acids is 1. The van der Waals surface area contributed by atoms with E-state index in [1.807, 2.05) is 0 Å². The van der Waals surface area contributed by atoms with Crippen molar-refractivity contribution < 1.29 is 13.2 Å². The van der Waals surface area contributed by atoms with Gasteiger partial charge in [0.1, 0.15) is 0 Å². The molecule has 134 valence electrons. The first-order valence-electron chi connectivity index (χ1n) is 7.12. The van der Waals surface area contributed by atoms with Gasteiger partial charge in [0.25, 0.3) is 0 Å². The molecule has 1 amide bonds. The fourth-order valence-electron chi connectivity index (χ4n) is 2.15. The number of benzene rings is 2. The molecule has 0 spiro atoms. The molecular weight excluding hydrogens is 407 g/mol. The highest BCUT2D eigenvalue weighted by molar-refractivity contribution is 7.88. The van der Waals surface area contributed by atoms with Gasteiger partial charge >= 0.3 is 0 Å². The van der Waals surface area contributed by atoms with Gasteiger partial charge in [-0.15, -0.1) is 0 Å². The molecule has 2 aromatic rings. The van der Waals surface area contributed by atoms with Crippen LogP contribution in [0.1, 0.15) is 18.0 Å². The molecule has 0 aliphatic carbocycles. The van der Waals surface area contributed by atoms with Crippen LogP contribution in [-0.2, 0) is 14.8 Å². The van der Waals surface area contributed by atoms with Crippen LogP contribution in [0.2, 0.25) is 15.1 Å². The molecule has 0 heterocycles. The third-order valence-corrected chi connectivity index (χ3v) is 4.93. The lowest BCUT2D eigenvalue weighted by molar-refractivity contribution is -0.116. The predicted molar refractivity (Wildman–Crippen MR) is 102 cm³/mol. The van der Waals surface area contributed by atoms with Crippen LogP contribution in [0.25, 0.3) is 0 Å². The average molecular weight is 422 g/mol.